The first-order valence-electron chi connectivity index (χ1n) is 15.8. The van der Waals surface area contributed by atoms with Gasteiger partial charge in [0.05, 0.1) is 0 Å². The van der Waals surface area contributed by atoms with Crippen molar-refractivity contribution >= 4 is 0 Å². The number of hydrogen-bond acceptors (Lipinski definition) is 1. The monoisotopic (exact) mass is 483 g/mol. The molecule has 0 spiro atoms. The zero-order chi connectivity index (χ0) is 25.5. The molecular weight excluding hydrogens is 422 g/mol. The van der Waals surface area contributed by atoms with Gasteiger partial charge in [-0.2, -0.15) is 0 Å². The van der Waals surface area contributed by atoms with Crippen LogP contribution in [-0.4, -0.2) is 6.54 Å². The van der Waals surface area contributed by atoms with Gasteiger partial charge in [0.2, 0.25) is 0 Å². The molecule has 0 radical (unpaired) electrons. The third-order valence-corrected chi connectivity index (χ3v) is 11.4. The molecule has 0 aromatic heterocycles. The molecule has 11 atom stereocenters. The standard InChI is InChI=1S/C34H61N/c1-8-26(9-2)13-12-14-29-21-32-31-22-33(32)34(29)28(11-4)18-24(6)20-30(25(7)15-16-35)19-23(5)17-27(31)10-3/h8-9,23-25,27-34H,1,10-22,35H2,2-7H3/b26-9-/t23-,24?,25?,27?,28?,29?,30?,31?,32?,33?,34?/m0/s1. The van der Waals surface area contributed by atoms with E-state index in [4.69, 9.17) is 5.73 Å². The van der Waals surface area contributed by atoms with Gasteiger partial charge in [-0.05, 0) is 143 Å². The Balaban J connectivity index is 1.81. The quantitative estimate of drug-likeness (QED) is 0.307. The Morgan fingerprint density at radius 3 is 2.11 bits per heavy atom. The van der Waals surface area contributed by atoms with E-state index in [1.165, 1.54) is 69.8 Å². The van der Waals surface area contributed by atoms with Crippen molar-refractivity contribution in [3.8, 4) is 0 Å². The van der Waals surface area contributed by atoms with Crippen LogP contribution in [0.25, 0.3) is 0 Å². The average molecular weight is 484 g/mol. The number of hydrogen-bond donors (Lipinski definition) is 1. The largest absolute Gasteiger partial charge is 0.330 e. The highest BCUT2D eigenvalue weighted by Crippen LogP contribution is 2.63. The second-order valence-corrected chi connectivity index (χ2v) is 13.6. The van der Waals surface area contributed by atoms with Crippen LogP contribution in [0.4, 0.5) is 0 Å². The van der Waals surface area contributed by atoms with E-state index < -0.39 is 0 Å². The van der Waals surface area contributed by atoms with Crippen molar-refractivity contribution in [1.82, 2.24) is 0 Å². The molecule has 0 aliphatic heterocycles. The van der Waals surface area contributed by atoms with Crippen LogP contribution >= 0.6 is 0 Å². The molecule has 3 aliphatic carbocycles. The Kier molecular flexibility index (Phi) is 11.5. The summed E-state index contributed by atoms with van der Waals surface area (Å²) in [6, 6.07) is 0. The fourth-order valence-corrected chi connectivity index (χ4v) is 9.51. The van der Waals surface area contributed by atoms with Crippen molar-refractivity contribution in [3.05, 3.63) is 24.3 Å². The lowest BCUT2D eigenvalue weighted by atomic mass is 9.56. The second-order valence-electron chi connectivity index (χ2n) is 13.6. The molecule has 1 heteroatoms. The van der Waals surface area contributed by atoms with E-state index in [9.17, 15) is 0 Å². The second kappa shape index (κ2) is 13.8. The Morgan fingerprint density at radius 1 is 0.886 bits per heavy atom. The topological polar surface area (TPSA) is 26.0 Å². The maximum atomic E-state index is 6.03. The molecular formula is C34H61N. The van der Waals surface area contributed by atoms with Crippen molar-refractivity contribution in [2.45, 2.75) is 119 Å². The first-order valence-corrected chi connectivity index (χ1v) is 15.8. The molecule has 202 valence electrons. The number of allylic oxidation sites excluding steroid dienone is 3. The highest BCUT2D eigenvalue weighted by Gasteiger charge is 2.56. The molecule has 35 heavy (non-hydrogen) atoms. The summed E-state index contributed by atoms with van der Waals surface area (Å²) >= 11 is 0. The van der Waals surface area contributed by atoms with Gasteiger partial charge in [-0.15, -0.1) is 0 Å². The summed E-state index contributed by atoms with van der Waals surface area (Å²) in [7, 11) is 0. The minimum absolute atomic E-state index is 0.777. The lowest BCUT2D eigenvalue weighted by Gasteiger charge is -2.49. The third kappa shape index (κ3) is 7.06. The van der Waals surface area contributed by atoms with Crippen LogP contribution in [0.5, 0.6) is 0 Å². The maximum absolute atomic E-state index is 6.03. The predicted molar refractivity (Wildman–Crippen MR) is 155 cm³/mol. The maximum Gasteiger partial charge on any atom is -0.00746 e. The summed E-state index contributed by atoms with van der Waals surface area (Å²) in [5.74, 6) is 10.3. The summed E-state index contributed by atoms with van der Waals surface area (Å²) in [5.41, 5.74) is 7.48. The van der Waals surface area contributed by atoms with E-state index in [1.54, 1.807) is 12.8 Å². The van der Waals surface area contributed by atoms with Crippen LogP contribution in [0.2, 0.25) is 0 Å². The van der Waals surface area contributed by atoms with Gasteiger partial charge in [0, 0.05) is 0 Å². The smallest absolute Gasteiger partial charge is 0.00746 e. The van der Waals surface area contributed by atoms with Crippen LogP contribution in [0.15, 0.2) is 24.3 Å². The van der Waals surface area contributed by atoms with Crippen molar-refractivity contribution in [2.75, 3.05) is 6.54 Å². The van der Waals surface area contributed by atoms with E-state index in [0.717, 1.165) is 71.6 Å². The third-order valence-electron chi connectivity index (χ3n) is 11.4. The van der Waals surface area contributed by atoms with E-state index in [0.29, 0.717) is 0 Å². The fraction of sp³-hybridized carbons (Fsp3) is 0.882. The first kappa shape index (κ1) is 29.0. The van der Waals surface area contributed by atoms with Crippen LogP contribution in [0.1, 0.15) is 119 Å². The lowest BCUT2D eigenvalue weighted by molar-refractivity contribution is -0.00145. The zero-order valence-corrected chi connectivity index (χ0v) is 24.5. The molecule has 0 aromatic carbocycles. The Labute approximate surface area is 220 Å². The van der Waals surface area contributed by atoms with Crippen molar-refractivity contribution in [3.63, 3.8) is 0 Å². The van der Waals surface area contributed by atoms with E-state index in [-0.39, 0.29) is 0 Å². The molecule has 3 saturated carbocycles. The SMILES string of the molecule is C=C/C(=C/C)CCCC1CC2C3CC2C1C(CC)CC(C)CC(C(C)CCN)C[C@@H](C)CC3CC. The van der Waals surface area contributed by atoms with Gasteiger partial charge in [-0.1, -0.05) is 71.8 Å². The van der Waals surface area contributed by atoms with Gasteiger partial charge in [-0.3, -0.25) is 0 Å². The molecule has 1 nitrogen and oxygen atoms in total. The highest BCUT2D eigenvalue weighted by atomic mass is 14.6. The van der Waals surface area contributed by atoms with E-state index in [1.807, 2.05) is 0 Å². The minimum atomic E-state index is 0.777. The number of fused-ring (bicyclic) bond motifs is 2. The summed E-state index contributed by atoms with van der Waals surface area (Å²) < 4.78 is 0. The molecule has 0 saturated heterocycles. The van der Waals surface area contributed by atoms with E-state index in [2.05, 4.69) is 60.3 Å². The Bertz CT molecular complexity index is 664. The summed E-state index contributed by atoms with van der Waals surface area (Å²) in [6.45, 7) is 19.7. The van der Waals surface area contributed by atoms with E-state index >= 15 is 0 Å². The molecule has 0 amide bonds. The van der Waals surface area contributed by atoms with Gasteiger partial charge >= 0.3 is 0 Å². The van der Waals surface area contributed by atoms with Crippen LogP contribution in [-0.2, 0) is 0 Å². The summed E-state index contributed by atoms with van der Waals surface area (Å²) in [4.78, 5) is 0. The van der Waals surface area contributed by atoms with Crippen molar-refractivity contribution < 1.29 is 0 Å². The van der Waals surface area contributed by atoms with Crippen molar-refractivity contribution in [2.24, 2.45) is 70.8 Å². The number of nitrogens with two attached hydrogens (primary N) is 1. The van der Waals surface area contributed by atoms with Crippen molar-refractivity contribution in [1.29, 1.82) is 0 Å². The van der Waals surface area contributed by atoms with Gasteiger partial charge < -0.3 is 5.73 Å². The number of rotatable bonds is 10. The zero-order valence-electron chi connectivity index (χ0n) is 24.5. The van der Waals surface area contributed by atoms with Gasteiger partial charge in [-0.25, -0.2) is 0 Å². The molecule has 2 N–H and O–H groups in total. The molecule has 3 rings (SSSR count). The summed E-state index contributed by atoms with van der Waals surface area (Å²) in [6.07, 6.45) is 21.3. The Morgan fingerprint density at radius 2 is 1.54 bits per heavy atom. The summed E-state index contributed by atoms with van der Waals surface area (Å²) in [5, 5.41) is 0. The minimum Gasteiger partial charge on any atom is -0.330 e. The van der Waals surface area contributed by atoms with Gasteiger partial charge in [0.15, 0.2) is 0 Å². The highest BCUT2D eigenvalue weighted by molar-refractivity contribution is 5.14. The average Bonchev–Trinajstić information content (AvgIpc) is 3.10. The Hall–Kier alpha value is -0.560. The van der Waals surface area contributed by atoms with Crippen LogP contribution < -0.4 is 5.73 Å². The molecule has 0 aromatic rings. The molecule has 0 heterocycles. The van der Waals surface area contributed by atoms with Gasteiger partial charge in [0.25, 0.3) is 0 Å². The molecule has 10 unspecified atom stereocenters. The molecule has 3 aliphatic rings. The predicted octanol–water partition coefficient (Wildman–Crippen LogP) is 9.68. The first-order chi connectivity index (χ1) is 16.9. The van der Waals surface area contributed by atoms with Crippen LogP contribution in [0, 0.1) is 65.1 Å². The van der Waals surface area contributed by atoms with Crippen LogP contribution in [0.3, 0.4) is 0 Å². The fourth-order valence-electron chi connectivity index (χ4n) is 9.51. The molecule has 2 bridgehead atoms. The lowest BCUT2D eigenvalue weighted by Crippen LogP contribution is -2.42. The van der Waals surface area contributed by atoms with Gasteiger partial charge in [0.1, 0.15) is 0 Å². The normalized spacial score (nSPS) is 41.3. The molecule has 3 fully saturated rings.